The van der Waals surface area contributed by atoms with Crippen LogP contribution in [0.1, 0.15) is 50.7 Å². The van der Waals surface area contributed by atoms with Crippen LogP contribution in [-0.2, 0) is 4.79 Å². The highest BCUT2D eigenvalue weighted by molar-refractivity contribution is 5.98. The van der Waals surface area contributed by atoms with Crippen LogP contribution in [0.4, 0.5) is 11.8 Å². The third-order valence-corrected chi connectivity index (χ3v) is 6.13. The molecule has 4 rings (SSSR count). The largest absolute Gasteiger partial charge is 0.494 e. The number of nitrogens with one attached hydrogen (secondary N) is 2. The molecular weight excluding hydrogens is 406 g/mol. The van der Waals surface area contributed by atoms with Crippen LogP contribution >= 0.6 is 0 Å². The topological polar surface area (TPSA) is 111 Å². The van der Waals surface area contributed by atoms with Gasteiger partial charge in [-0.2, -0.15) is 10.2 Å². The molecule has 0 radical (unpaired) electrons. The molecule has 168 valence electrons. The van der Waals surface area contributed by atoms with E-state index in [-0.39, 0.29) is 11.4 Å². The summed E-state index contributed by atoms with van der Waals surface area (Å²) in [7, 11) is 0. The number of hydrogen-bond donors (Lipinski definition) is 2. The van der Waals surface area contributed by atoms with Crippen molar-refractivity contribution in [3.63, 3.8) is 0 Å². The molecule has 0 aliphatic carbocycles. The van der Waals surface area contributed by atoms with Gasteiger partial charge in [-0.25, -0.2) is 0 Å². The molecule has 8 nitrogen and oxygen atoms in total. The molecule has 2 aliphatic rings. The van der Waals surface area contributed by atoms with E-state index in [1.807, 2.05) is 19.1 Å². The van der Waals surface area contributed by atoms with E-state index in [1.54, 1.807) is 12.1 Å². The summed E-state index contributed by atoms with van der Waals surface area (Å²) in [4.78, 5) is 35.6. The normalized spacial score (nSPS) is 24.9. The molecule has 1 saturated heterocycles. The van der Waals surface area contributed by atoms with Gasteiger partial charge in [0.1, 0.15) is 17.5 Å². The Kier molecular flexibility index (Phi) is 6.17. The molecule has 0 saturated carbocycles. The zero-order chi connectivity index (χ0) is 22.8. The molecule has 3 heterocycles. The highest BCUT2D eigenvalue weighted by Crippen LogP contribution is 2.39. The van der Waals surface area contributed by atoms with Crippen LogP contribution in [0.15, 0.2) is 29.1 Å². The van der Waals surface area contributed by atoms with E-state index in [4.69, 9.17) is 4.74 Å². The van der Waals surface area contributed by atoms with E-state index in [0.717, 1.165) is 25.9 Å². The predicted molar refractivity (Wildman–Crippen MR) is 122 cm³/mol. The second-order valence-corrected chi connectivity index (χ2v) is 8.99. The summed E-state index contributed by atoms with van der Waals surface area (Å²) >= 11 is 0. The van der Waals surface area contributed by atoms with Gasteiger partial charge in [-0.05, 0) is 42.4 Å². The highest BCUT2D eigenvalue weighted by Gasteiger charge is 2.40. The van der Waals surface area contributed by atoms with Crippen molar-refractivity contribution in [3.05, 3.63) is 45.7 Å². The van der Waals surface area contributed by atoms with E-state index in [0.29, 0.717) is 41.3 Å². The van der Waals surface area contributed by atoms with Crippen molar-refractivity contribution in [1.82, 2.24) is 9.97 Å². The molecule has 2 N–H and O–H groups in total. The number of amides is 1. The first-order valence-electron chi connectivity index (χ1n) is 11.2. The number of aromatic amines is 1. The summed E-state index contributed by atoms with van der Waals surface area (Å²) in [5.41, 5.74) is 0.699. The smallest absolute Gasteiger partial charge is 0.258 e. The van der Waals surface area contributed by atoms with Crippen molar-refractivity contribution in [2.24, 2.45) is 17.8 Å². The lowest BCUT2D eigenvalue weighted by Gasteiger charge is -2.36. The van der Waals surface area contributed by atoms with E-state index >= 15 is 0 Å². The molecule has 1 aromatic carbocycles. The lowest BCUT2D eigenvalue weighted by atomic mass is 9.79. The van der Waals surface area contributed by atoms with Crippen LogP contribution in [0.25, 0.3) is 0 Å². The quantitative estimate of drug-likeness (QED) is 0.746. The van der Waals surface area contributed by atoms with Crippen molar-refractivity contribution >= 4 is 17.7 Å². The average Bonchev–Trinajstić information content (AvgIpc) is 2.76. The Morgan fingerprint density at radius 1 is 1.19 bits per heavy atom. The molecular formula is C24H29N5O3. The van der Waals surface area contributed by atoms with E-state index in [1.165, 1.54) is 0 Å². The Morgan fingerprint density at radius 3 is 2.50 bits per heavy atom. The first-order chi connectivity index (χ1) is 15.4. The van der Waals surface area contributed by atoms with E-state index < -0.39 is 17.7 Å². The average molecular weight is 436 g/mol. The Morgan fingerprint density at radius 2 is 1.88 bits per heavy atom. The van der Waals surface area contributed by atoms with Gasteiger partial charge in [-0.1, -0.05) is 32.9 Å². The Balaban J connectivity index is 1.74. The Labute approximate surface area is 187 Å². The molecule has 4 atom stereocenters. The standard InChI is InChI=1S/C24H29N5O3/c1-4-9-32-17-7-5-16(6-8-17)19-18(11-25)22(30)26-21-20(19)23(31)28-24(27-21)29-12-14(2)10-15(3)13-29/h5-8,14-15,18-19H,4,9-10,12-13H2,1-3H3,(H2,26,27,28,30,31). The van der Waals surface area contributed by atoms with Crippen LogP contribution in [0.3, 0.4) is 0 Å². The van der Waals surface area contributed by atoms with Gasteiger partial charge in [-0.3, -0.25) is 14.6 Å². The number of hydrogen-bond acceptors (Lipinski definition) is 6. The monoisotopic (exact) mass is 435 g/mol. The van der Waals surface area contributed by atoms with Crippen LogP contribution in [0.5, 0.6) is 5.75 Å². The summed E-state index contributed by atoms with van der Waals surface area (Å²) < 4.78 is 5.64. The molecule has 2 aromatic rings. The number of aromatic nitrogens is 2. The maximum Gasteiger partial charge on any atom is 0.258 e. The summed E-state index contributed by atoms with van der Waals surface area (Å²) in [6, 6.07) is 9.30. The second-order valence-electron chi connectivity index (χ2n) is 8.99. The van der Waals surface area contributed by atoms with Crippen LogP contribution in [0.2, 0.25) is 0 Å². The molecule has 1 fully saturated rings. The van der Waals surface area contributed by atoms with Gasteiger partial charge in [0.05, 0.1) is 18.2 Å². The third-order valence-electron chi connectivity index (χ3n) is 6.13. The van der Waals surface area contributed by atoms with Crippen molar-refractivity contribution in [2.45, 2.75) is 39.5 Å². The SMILES string of the molecule is CCCOc1ccc(C2c3c(nc(N4CC(C)CC(C)C4)[nH]c3=O)NC(=O)C2C#N)cc1. The maximum absolute atomic E-state index is 13.2. The number of rotatable bonds is 5. The second kappa shape index (κ2) is 9.03. The van der Waals surface area contributed by atoms with Gasteiger partial charge < -0.3 is 15.0 Å². The Hall–Kier alpha value is -3.34. The van der Waals surface area contributed by atoms with Crippen LogP contribution in [0, 0.1) is 29.1 Å². The minimum absolute atomic E-state index is 0.238. The lowest BCUT2D eigenvalue weighted by Crippen LogP contribution is -2.42. The molecule has 1 aromatic heterocycles. The molecule has 1 amide bonds. The van der Waals surface area contributed by atoms with Gasteiger partial charge in [0, 0.05) is 19.0 Å². The lowest BCUT2D eigenvalue weighted by molar-refractivity contribution is -0.119. The molecule has 32 heavy (non-hydrogen) atoms. The van der Waals surface area contributed by atoms with Crippen molar-refractivity contribution < 1.29 is 9.53 Å². The molecule has 0 spiro atoms. The zero-order valence-corrected chi connectivity index (χ0v) is 18.7. The first-order valence-corrected chi connectivity index (χ1v) is 11.2. The van der Waals surface area contributed by atoms with Crippen molar-refractivity contribution in [3.8, 4) is 11.8 Å². The Bertz CT molecular complexity index is 1080. The van der Waals surface area contributed by atoms with E-state index in [9.17, 15) is 14.9 Å². The molecule has 4 unspecified atom stereocenters. The molecule has 8 heteroatoms. The molecule has 2 aliphatic heterocycles. The van der Waals surface area contributed by atoms with Crippen LogP contribution < -0.4 is 20.5 Å². The van der Waals surface area contributed by atoms with E-state index in [2.05, 4.69) is 40.1 Å². The van der Waals surface area contributed by atoms with Gasteiger partial charge in [0.2, 0.25) is 11.9 Å². The first kappa shape index (κ1) is 21.9. The third kappa shape index (κ3) is 4.20. The van der Waals surface area contributed by atoms with Gasteiger partial charge in [0.15, 0.2) is 0 Å². The number of nitriles is 1. The molecule has 0 bridgehead atoms. The number of benzene rings is 1. The van der Waals surface area contributed by atoms with Crippen LogP contribution in [-0.4, -0.2) is 35.6 Å². The summed E-state index contributed by atoms with van der Waals surface area (Å²) in [5.74, 6) is 0.216. The minimum atomic E-state index is -1.02. The fourth-order valence-electron chi connectivity index (χ4n) is 4.84. The van der Waals surface area contributed by atoms with Gasteiger partial charge >= 0.3 is 0 Å². The van der Waals surface area contributed by atoms with Gasteiger partial charge in [-0.15, -0.1) is 0 Å². The van der Waals surface area contributed by atoms with Gasteiger partial charge in [0.25, 0.3) is 5.56 Å². The van der Waals surface area contributed by atoms with Crippen molar-refractivity contribution in [1.29, 1.82) is 5.26 Å². The number of piperidine rings is 1. The number of carbonyl (C=O) groups excluding carboxylic acids is 1. The predicted octanol–water partition coefficient (Wildman–Crippen LogP) is 3.26. The number of H-pyrrole nitrogens is 1. The maximum atomic E-state index is 13.2. The fraction of sp³-hybridized carbons (Fsp3) is 0.500. The highest BCUT2D eigenvalue weighted by atomic mass is 16.5. The number of ether oxygens (including phenoxy) is 1. The number of anilines is 2. The minimum Gasteiger partial charge on any atom is -0.494 e. The fourth-order valence-corrected chi connectivity index (χ4v) is 4.84. The van der Waals surface area contributed by atoms with Crippen molar-refractivity contribution in [2.75, 3.05) is 29.9 Å². The summed E-state index contributed by atoms with van der Waals surface area (Å²) in [6.07, 6.45) is 2.03. The summed E-state index contributed by atoms with van der Waals surface area (Å²) in [5, 5.41) is 12.4. The zero-order valence-electron chi connectivity index (χ0n) is 18.7. The number of nitrogens with zero attached hydrogens (tertiary/aromatic N) is 3. The number of carbonyl (C=O) groups is 1. The summed E-state index contributed by atoms with van der Waals surface area (Å²) in [6.45, 7) is 8.59. The number of fused-ring (bicyclic) bond motifs is 1.